The van der Waals surface area contributed by atoms with Crippen LogP contribution in [0.3, 0.4) is 0 Å². The molecule has 7 heteroatoms. The normalized spacial score (nSPS) is 29.6. The van der Waals surface area contributed by atoms with Crippen molar-refractivity contribution in [1.82, 2.24) is 5.32 Å². The lowest BCUT2D eigenvalue weighted by atomic mass is 9.84. The Labute approximate surface area is 174 Å². The Morgan fingerprint density at radius 1 is 1.11 bits per heavy atom. The van der Waals surface area contributed by atoms with E-state index in [9.17, 15) is 4.79 Å². The quantitative estimate of drug-likeness (QED) is 0.792. The summed E-state index contributed by atoms with van der Waals surface area (Å²) in [5.41, 5.74) is 7.46. The average Bonchev–Trinajstić information content (AvgIpc) is 3.23. The number of nitrogens with two attached hydrogens (primary N) is 1. The molecule has 27 heavy (non-hydrogen) atoms. The predicted octanol–water partition coefficient (Wildman–Crippen LogP) is 3.00. The van der Waals surface area contributed by atoms with Crippen LogP contribution >= 0.6 is 24.8 Å². The summed E-state index contributed by atoms with van der Waals surface area (Å²) in [7, 11) is 1.71. The van der Waals surface area contributed by atoms with Gasteiger partial charge >= 0.3 is 0 Å². The number of fused-ring (bicyclic) bond motifs is 2. The van der Waals surface area contributed by atoms with E-state index >= 15 is 0 Å². The molecule has 0 spiro atoms. The number of nitrogens with one attached hydrogen (secondary N) is 1. The molecule has 2 bridgehead atoms. The standard InChI is InChI=1S/C20H29N3O2.2ClH/c1-25-17-5-3-2-4-16(17)23-10-8-15(9-11-23)22-20(24)18-13-6-7-14(12-13)19(18)21;;/h2-5,13-15,18-19H,6-12,21H2,1H3,(H,22,24);2*1H. The molecule has 4 rings (SSSR count). The van der Waals surface area contributed by atoms with Gasteiger partial charge in [0.15, 0.2) is 0 Å². The zero-order valence-electron chi connectivity index (χ0n) is 15.8. The fraction of sp³-hybridized carbons (Fsp3) is 0.650. The molecule has 1 aliphatic heterocycles. The van der Waals surface area contributed by atoms with Crippen molar-refractivity contribution in [1.29, 1.82) is 0 Å². The van der Waals surface area contributed by atoms with E-state index in [1.54, 1.807) is 7.11 Å². The molecule has 1 aromatic carbocycles. The third-order valence-corrected chi connectivity index (χ3v) is 6.55. The third kappa shape index (κ3) is 4.30. The van der Waals surface area contributed by atoms with E-state index in [2.05, 4.69) is 16.3 Å². The Kier molecular flexibility index (Phi) is 7.66. The van der Waals surface area contributed by atoms with E-state index in [1.807, 2.05) is 18.2 Å². The summed E-state index contributed by atoms with van der Waals surface area (Å²) in [5, 5.41) is 3.30. The van der Waals surface area contributed by atoms with Crippen LogP contribution in [-0.2, 0) is 4.79 Å². The number of hydrogen-bond donors (Lipinski definition) is 2. The first-order chi connectivity index (χ1) is 12.2. The van der Waals surface area contributed by atoms with Crippen molar-refractivity contribution in [3.8, 4) is 5.75 Å². The van der Waals surface area contributed by atoms with E-state index in [1.165, 1.54) is 12.8 Å². The Morgan fingerprint density at radius 3 is 2.41 bits per heavy atom. The van der Waals surface area contributed by atoms with Gasteiger partial charge in [0.25, 0.3) is 0 Å². The number of ether oxygens (including phenoxy) is 1. The number of para-hydroxylation sites is 2. The molecule has 3 aliphatic rings. The van der Waals surface area contributed by atoms with E-state index in [0.717, 1.165) is 43.8 Å². The van der Waals surface area contributed by atoms with Crippen molar-refractivity contribution in [3.05, 3.63) is 24.3 Å². The maximum Gasteiger partial charge on any atom is 0.225 e. The molecule has 5 nitrogen and oxygen atoms in total. The van der Waals surface area contributed by atoms with Crippen molar-refractivity contribution in [2.45, 2.75) is 44.2 Å². The monoisotopic (exact) mass is 415 g/mol. The highest BCUT2D eigenvalue weighted by Crippen LogP contribution is 2.47. The lowest BCUT2D eigenvalue weighted by molar-refractivity contribution is -0.127. The lowest BCUT2D eigenvalue weighted by Gasteiger charge is -2.36. The molecule has 3 N–H and O–H groups in total. The maximum atomic E-state index is 12.7. The molecule has 3 fully saturated rings. The molecule has 1 aromatic rings. The number of benzene rings is 1. The minimum absolute atomic E-state index is 0. The SMILES string of the molecule is COc1ccccc1N1CCC(NC(=O)C2C3CCC(C3)C2N)CC1.Cl.Cl. The third-order valence-electron chi connectivity index (χ3n) is 6.55. The van der Waals surface area contributed by atoms with Gasteiger partial charge in [-0.15, -0.1) is 24.8 Å². The summed E-state index contributed by atoms with van der Waals surface area (Å²) in [5.74, 6) is 2.26. The second kappa shape index (κ2) is 9.35. The van der Waals surface area contributed by atoms with Gasteiger partial charge in [-0.3, -0.25) is 4.79 Å². The van der Waals surface area contributed by atoms with Crippen LogP contribution in [0.15, 0.2) is 24.3 Å². The molecule has 4 atom stereocenters. The van der Waals surface area contributed by atoms with E-state index in [-0.39, 0.29) is 48.7 Å². The number of amides is 1. The number of piperidine rings is 1. The zero-order valence-corrected chi connectivity index (χ0v) is 17.4. The highest BCUT2D eigenvalue weighted by molar-refractivity contribution is 5.85. The second-order valence-corrected chi connectivity index (χ2v) is 7.88. The predicted molar refractivity (Wildman–Crippen MR) is 113 cm³/mol. The maximum absolute atomic E-state index is 12.7. The van der Waals surface area contributed by atoms with Crippen LogP contribution in [0.5, 0.6) is 5.75 Å². The summed E-state index contributed by atoms with van der Waals surface area (Å²) in [6, 6.07) is 8.49. The Bertz CT molecular complexity index is 635. The zero-order chi connectivity index (χ0) is 17.4. The molecule has 1 saturated heterocycles. The fourth-order valence-electron chi connectivity index (χ4n) is 5.18. The summed E-state index contributed by atoms with van der Waals surface area (Å²) in [6.07, 6.45) is 5.50. The number of anilines is 1. The van der Waals surface area contributed by atoms with Gasteiger partial charge in [0.1, 0.15) is 5.75 Å². The minimum Gasteiger partial charge on any atom is -0.495 e. The Balaban J connectivity index is 0.00000131. The first-order valence-electron chi connectivity index (χ1n) is 9.61. The number of halogens is 2. The molecule has 4 unspecified atom stereocenters. The molecule has 2 saturated carbocycles. The largest absolute Gasteiger partial charge is 0.495 e. The molecular formula is C20H31Cl2N3O2. The lowest BCUT2D eigenvalue weighted by Crippen LogP contribution is -2.51. The summed E-state index contributed by atoms with van der Waals surface area (Å²) >= 11 is 0. The van der Waals surface area contributed by atoms with Gasteiger partial charge in [0, 0.05) is 25.2 Å². The smallest absolute Gasteiger partial charge is 0.225 e. The van der Waals surface area contributed by atoms with Crippen molar-refractivity contribution in [3.63, 3.8) is 0 Å². The summed E-state index contributed by atoms with van der Waals surface area (Å²) < 4.78 is 5.47. The molecule has 1 heterocycles. The topological polar surface area (TPSA) is 67.6 Å². The van der Waals surface area contributed by atoms with Crippen LogP contribution in [0.4, 0.5) is 5.69 Å². The molecule has 2 aliphatic carbocycles. The fourth-order valence-corrected chi connectivity index (χ4v) is 5.18. The van der Waals surface area contributed by atoms with Crippen LogP contribution in [-0.4, -0.2) is 38.2 Å². The Hall–Kier alpha value is -1.17. The van der Waals surface area contributed by atoms with Gasteiger partial charge in [-0.25, -0.2) is 0 Å². The first kappa shape index (κ1) is 22.1. The second-order valence-electron chi connectivity index (χ2n) is 7.88. The van der Waals surface area contributed by atoms with Crippen molar-refractivity contribution >= 4 is 36.4 Å². The number of rotatable bonds is 4. The Morgan fingerprint density at radius 2 is 1.78 bits per heavy atom. The molecule has 152 valence electrons. The van der Waals surface area contributed by atoms with Crippen LogP contribution < -0.4 is 20.7 Å². The van der Waals surface area contributed by atoms with Gasteiger partial charge in [-0.2, -0.15) is 0 Å². The van der Waals surface area contributed by atoms with Crippen LogP contribution in [0.2, 0.25) is 0 Å². The van der Waals surface area contributed by atoms with Crippen LogP contribution in [0.1, 0.15) is 32.1 Å². The minimum atomic E-state index is 0. The van der Waals surface area contributed by atoms with E-state index in [0.29, 0.717) is 11.8 Å². The number of carbonyl (C=O) groups excluding carboxylic acids is 1. The number of hydrogen-bond acceptors (Lipinski definition) is 4. The van der Waals surface area contributed by atoms with Crippen molar-refractivity contribution in [2.24, 2.45) is 23.5 Å². The number of nitrogens with zero attached hydrogens (tertiary/aromatic N) is 1. The van der Waals surface area contributed by atoms with Gasteiger partial charge in [-0.1, -0.05) is 12.1 Å². The van der Waals surface area contributed by atoms with E-state index in [4.69, 9.17) is 10.5 Å². The van der Waals surface area contributed by atoms with Gasteiger partial charge in [0.2, 0.25) is 5.91 Å². The van der Waals surface area contributed by atoms with Crippen LogP contribution in [0.25, 0.3) is 0 Å². The first-order valence-corrected chi connectivity index (χ1v) is 9.61. The van der Waals surface area contributed by atoms with Gasteiger partial charge in [0.05, 0.1) is 18.7 Å². The number of carbonyl (C=O) groups is 1. The molecule has 0 radical (unpaired) electrons. The number of methoxy groups -OCH3 is 1. The van der Waals surface area contributed by atoms with Gasteiger partial charge < -0.3 is 20.7 Å². The van der Waals surface area contributed by atoms with Crippen molar-refractivity contribution in [2.75, 3.05) is 25.1 Å². The highest BCUT2D eigenvalue weighted by atomic mass is 35.5. The van der Waals surface area contributed by atoms with Crippen molar-refractivity contribution < 1.29 is 9.53 Å². The average molecular weight is 416 g/mol. The molecule has 0 aromatic heterocycles. The summed E-state index contributed by atoms with van der Waals surface area (Å²) in [6.45, 7) is 1.88. The molecular weight excluding hydrogens is 385 g/mol. The van der Waals surface area contributed by atoms with E-state index < -0.39 is 0 Å². The van der Waals surface area contributed by atoms with Crippen LogP contribution in [0, 0.1) is 17.8 Å². The highest BCUT2D eigenvalue weighted by Gasteiger charge is 2.49. The molecule has 1 amide bonds. The summed E-state index contributed by atoms with van der Waals surface area (Å²) in [4.78, 5) is 15.1. The van der Waals surface area contributed by atoms with Gasteiger partial charge in [-0.05, 0) is 56.1 Å².